The molecule has 1 aliphatic rings. The van der Waals surface area contributed by atoms with Gasteiger partial charge in [-0.3, -0.25) is 0 Å². The van der Waals surface area contributed by atoms with Crippen LogP contribution in [0.2, 0.25) is 0 Å². The molecule has 0 aliphatic carbocycles. The van der Waals surface area contributed by atoms with Crippen LogP contribution in [0.3, 0.4) is 0 Å². The molecule has 0 saturated carbocycles. The number of rotatable bonds is 3. The van der Waals surface area contributed by atoms with Gasteiger partial charge in [0, 0.05) is 32.4 Å². The standard InChI is InChI=1S/C14H22N2O/c1-11-5-3-6-12(9-15)14(11)16-8-4-7-13(10-16)17-2/h3,5-6,13H,4,7-10,15H2,1-2H3. The van der Waals surface area contributed by atoms with Gasteiger partial charge in [-0.1, -0.05) is 18.2 Å². The van der Waals surface area contributed by atoms with E-state index in [1.54, 1.807) is 7.11 Å². The first-order valence-electron chi connectivity index (χ1n) is 6.32. The van der Waals surface area contributed by atoms with Crippen molar-refractivity contribution in [2.24, 2.45) is 5.73 Å². The normalized spacial score (nSPS) is 20.6. The Balaban J connectivity index is 2.26. The van der Waals surface area contributed by atoms with Crippen LogP contribution in [-0.2, 0) is 11.3 Å². The van der Waals surface area contributed by atoms with Crippen LogP contribution in [-0.4, -0.2) is 26.3 Å². The molecule has 1 aromatic carbocycles. The van der Waals surface area contributed by atoms with E-state index >= 15 is 0 Å². The molecule has 1 heterocycles. The molecule has 0 spiro atoms. The van der Waals surface area contributed by atoms with Crippen LogP contribution >= 0.6 is 0 Å². The molecule has 0 aromatic heterocycles. The maximum absolute atomic E-state index is 5.84. The molecule has 1 aliphatic heterocycles. The molecule has 2 N–H and O–H groups in total. The molecule has 0 amide bonds. The molecule has 0 radical (unpaired) electrons. The van der Waals surface area contributed by atoms with Gasteiger partial charge in [0.1, 0.15) is 0 Å². The number of para-hydroxylation sites is 1. The Hall–Kier alpha value is -1.06. The molecule has 3 heteroatoms. The highest BCUT2D eigenvalue weighted by molar-refractivity contribution is 5.59. The van der Waals surface area contributed by atoms with Gasteiger partial charge < -0.3 is 15.4 Å². The molecule has 2 rings (SSSR count). The van der Waals surface area contributed by atoms with E-state index in [2.05, 4.69) is 30.0 Å². The van der Waals surface area contributed by atoms with E-state index in [1.165, 1.54) is 23.2 Å². The fraction of sp³-hybridized carbons (Fsp3) is 0.571. The molecule has 94 valence electrons. The second kappa shape index (κ2) is 5.52. The molecule has 3 nitrogen and oxygen atoms in total. The molecular formula is C14H22N2O. The molecule has 1 fully saturated rings. The van der Waals surface area contributed by atoms with Crippen molar-refractivity contribution in [3.05, 3.63) is 29.3 Å². The summed E-state index contributed by atoms with van der Waals surface area (Å²) in [7, 11) is 1.80. The van der Waals surface area contributed by atoms with Crippen molar-refractivity contribution in [2.75, 3.05) is 25.1 Å². The number of nitrogens with zero attached hydrogens (tertiary/aromatic N) is 1. The Bertz CT molecular complexity index is 378. The van der Waals surface area contributed by atoms with Gasteiger partial charge >= 0.3 is 0 Å². The van der Waals surface area contributed by atoms with E-state index in [9.17, 15) is 0 Å². The second-order valence-corrected chi connectivity index (χ2v) is 4.73. The van der Waals surface area contributed by atoms with Crippen molar-refractivity contribution < 1.29 is 4.74 Å². The zero-order valence-corrected chi connectivity index (χ0v) is 10.8. The van der Waals surface area contributed by atoms with Crippen LogP contribution in [0.5, 0.6) is 0 Å². The van der Waals surface area contributed by atoms with Gasteiger partial charge in [0.2, 0.25) is 0 Å². The SMILES string of the molecule is COC1CCCN(c2c(C)cccc2CN)C1. The number of hydrogen-bond acceptors (Lipinski definition) is 3. The Morgan fingerprint density at radius 2 is 2.29 bits per heavy atom. The third-order valence-electron chi connectivity index (χ3n) is 3.57. The number of methoxy groups -OCH3 is 1. The lowest BCUT2D eigenvalue weighted by Crippen LogP contribution is -2.40. The van der Waals surface area contributed by atoms with Crippen LogP contribution in [0.15, 0.2) is 18.2 Å². The minimum Gasteiger partial charge on any atom is -0.380 e. The summed E-state index contributed by atoms with van der Waals surface area (Å²) in [6, 6.07) is 6.36. The van der Waals surface area contributed by atoms with E-state index in [0.717, 1.165) is 19.5 Å². The highest BCUT2D eigenvalue weighted by atomic mass is 16.5. The van der Waals surface area contributed by atoms with Crippen molar-refractivity contribution in [1.82, 2.24) is 0 Å². The number of anilines is 1. The van der Waals surface area contributed by atoms with E-state index in [4.69, 9.17) is 10.5 Å². The maximum Gasteiger partial charge on any atom is 0.0746 e. The molecular weight excluding hydrogens is 212 g/mol. The Kier molecular flexibility index (Phi) is 4.02. The molecule has 1 aromatic rings. The van der Waals surface area contributed by atoms with Crippen LogP contribution in [0, 0.1) is 6.92 Å². The van der Waals surface area contributed by atoms with Gasteiger partial charge in [0.25, 0.3) is 0 Å². The summed E-state index contributed by atoms with van der Waals surface area (Å²) in [4.78, 5) is 2.43. The summed E-state index contributed by atoms with van der Waals surface area (Å²) in [5, 5.41) is 0. The minimum atomic E-state index is 0.356. The summed E-state index contributed by atoms with van der Waals surface area (Å²) in [5.41, 5.74) is 9.70. The van der Waals surface area contributed by atoms with Crippen molar-refractivity contribution >= 4 is 5.69 Å². The van der Waals surface area contributed by atoms with E-state index in [1.807, 2.05) is 0 Å². The predicted octanol–water partition coefficient (Wildman–Crippen LogP) is 2.07. The Morgan fingerprint density at radius 1 is 1.47 bits per heavy atom. The molecule has 1 unspecified atom stereocenters. The number of piperidine rings is 1. The summed E-state index contributed by atoms with van der Waals surface area (Å²) in [6.07, 6.45) is 2.71. The second-order valence-electron chi connectivity index (χ2n) is 4.73. The molecule has 1 atom stereocenters. The number of aryl methyl sites for hydroxylation is 1. The maximum atomic E-state index is 5.84. The fourth-order valence-corrected chi connectivity index (χ4v) is 2.67. The van der Waals surface area contributed by atoms with E-state index in [0.29, 0.717) is 12.6 Å². The third kappa shape index (κ3) is 2.61. The average Bonchev–Trinajstić information content (AvgIpc) is 2.38. The summed E-state index contributed by atoms with van der Waals surface area (Å²) < 4.78 is 5.48. The number of hydrogen-bond donors (Lipinski definition) is 1. The number of nitrogens with two attached hydrogens (primary N) is 1. The van der Waals surface area contributed by atoms with Gasteiger partial charge in [-0.25, -0.2) is 0 Å². The summed E-state index contributed by atoms with van der Waals surface area (Å²) >= 11 is 0. The number of benzene rings is 1. The van der Waals surface area contributed by atoms with Crippen molar-refractivity contribution in [1.29, 1.82) is 0 Å². The first kappa shape index (κ1) is 12.4. The van der Waals surface area contributed by atoms with Crippen LogP contribution in [0.25, 0.3) is 0 Å². The Labute approximate surface area is 104 Å². The monoisotopic (exact) mass is 234 g/mol. The molecule has 17 heavy (non-hydrogen) atoms. The quantitative estimate of drug-likeness (QED) is 0.870. The van der Waals surface area contributed by atoms with Gasteiger partial charge in [-0.05, 0) is 30.9 Å². The van der Waals surface area contributed by atoms with Crippen molar-refractivity contribution in [3.63, 3.8) is 0 Å². The predicted molar refractivity (Wildman–Crippen MR) is 71.3 cm³/mol. The van der Waals surface area contributed by atoms with Crippen molar-refractivity contribution in [2.45, 2.75) is 32.4 Å². The smallest absolute Gasteiger partial charge is 0.0746 e. The van der Waals surface area contributed by atoms with Gasteiger partial charge in [-0.15, -0.1) is 0 Å². The molecule has 1 saturated heterocycles. The zero-order valence-electron chi connectivity index (χ0n) is 10.8. The first-order chi connectivity index (χ1) is 8.26. The summed E-state index contributed by atoms with van der Waals surface area (Å²) in [6.45, 7) is 4.85. The van der Waals surface area contributed by atoms with Gasteiger partial charge in [0.15, 0.2) is 0 Å². The van der Waals surface area contributed by atoms with Crippen molar-refractivity contribution in [3.8, 4) is 0 Å². The third-order valence-corrected chi connectivity index (χ3v) is 3.57. The average molecular weight is 234 g/mol. The number of ether oxygens (including phenoxy) is 1. The van der Waals surface area contributed by atoms with E-state index in [-0.39, 0.29) is 0 Å². The van der Waals surface area contributed by atoms with Crippen LogP contribution < -0.4 is 10.6 Å². The van der Waals surface area contributed by atoms with Crippen LogP contribution in [0.1, 0.15) is 24.0 Å². The first-order valence-corrected chi connectivity index (χ1v) is 6.32. The van der Waals surface area contributed by atoms with E-state index < -0.39 is 0 Å². The minimum absolute atomic E-state index is 0.356. The van der Waals surface area contributed by atoms with Gasteiger partial charge in [-0.2, -0.15) is 0 Å². The highest BCUT2D eigenvalue weighted by Gasteiger charge is 2.22. The summed E-state index contributed by atoms with van der Waals surface area (Å²) in [5.74, 6) is 0. The van der Waals surface area contributed by atoms with Crippen LogP contribution in [0.4, 0.5) is 5.69 Å². The van der Waals surface area contributed by atoms with Gasteiger partial charge in [0.05, 0.1) is 6.10 Å². The lowest BCUT2D eigenvalue weighted by molar-refractivity contribution is 0.0893. The topological polar surface area (TPSA) is 38.5 Å². The highest BCUT2D eigenvalue weighted by Crippen LogP contribution is 2.28. The lowest BCUT2D eigenvalue weighted by Gasteiger charge is -2.35. The fourth-order valence-electron chi connectivity index (χ4n) is 2.67. The molecule has 0 bridgehead atoms. The lowest BCUT2D eigenvalue weighted by atomic mass is 10.0. The largest absolute Gasteiger partial charge is 0.380 e. The Morgan fingerprint density at radius 3 is 3.00 bits per heavy atom. The zero-order chi connectivity index (χ0) is 12.3.